The summed E-state index contributed by atoms with van der Waals surface area (Å²) in [5.41, 5.74) is 3.70. The van der Waals surface area contributed by atoms with E-state index in [2.05, 4.69) is 50.7 Å². The molecule has 130 valence electrons. The van der Waals surface area contributed by atoms with E-state index in [1.807, 2.05) is 6.08 Å². The van der Waals surface area contributed by atoms with Crippen LogP contribution in [0.3, 0.4) is 0 Å². The lowest BCUT2D eigenvalue weighted by Gasteiger charge is -2.27. The average molecular weight is 337 g/mol. The van der Waals surface area contributed by atoms with Crippen molar-refractivity contribution >= 4 is 23.5 Å². The highest BCUT2D eigenvalue weighted by molar-refractivity contribution is 5.91. The van der Waals surface area contributed by atoms with Gasteiger partial charge in [0.15, 0.2) is 0 Å². The molecule has 0 aliphatic carbocycles. The van der Waals surface area contributed by atoms with Gasteiger partial charge in [0.1, 0.15) is 5.82 Å². The molecular weight excluding hydrogens is 314 g/mol. The second kappa shape index (κ2) is 8.28. The number of hydrogen-bond acceptors (Lipinski definition) is 5. The normalized spacial score (nSPS) is 13.6. The summed E-state index contributed by atoms with van der Waals surface area (Å²) in [4.78, 5) is 22.3. The van der Waals surface area contributed by atoms with Gasteiger partial charge in [-0.1, -0.05) is 6.07 Å². The fraction of sp³-hybridized carbons (Fsp3) is 0.316. The first kappa shape index (κ1) is 17.0. The molecule has 1 aliphatic rings. The molecule has 0 radical (unpaired) electrons. The van der Waals surface area contributed by atoms with Gasteiger partial charge in [-0.15, -0.1) is 0 Å². The third-order valence-corrected chi connectivity index (χ3v) is 4.18. The van der Waals surface area contributed by atoms with Crippen LogP contribution in [-0.4, -0.2) is 42.6 Å². The third-order valence-electron chi connectivity index (χ3n) is 4.18. The molecular formula is C19H23N5O. The number of carbonyl (C=O) groups excluding carboxylic acids is 1. The summed E-state index contributed by atoms with van der Waals surface area (Å²) in [5, 5.41) is 5.94. The summed E-state index contributed by atoms with van der Waals surface area (Å²) in [7, 11) is 2.12. The molecule has 6 heteroatoms. The predicted molar refractivity (Wildman–Crippen MR) is 101 cm³/mol. The molecule has 1 aliphatic heterocycles. The van der Waals surface area contributed by atoms with Crippen LogP contribution in [0.4, 0.5) is 11.5 Å². The highest BCUT2D eigenvalue weighted by Gasteiger charge is 2.12. The number of nitrogens with one attached hydrogen (secondary N) is 2. The molecule has 0 bridgehead atoms. The van der Waals surface area contributed by atoms with Crippen LogP contribution in [0.5, 0.6) is 0 Å². The zero-order valence-corrected chi connectivity index (χ0v) is 14.4. The first-order valence-electron chi connectivity index (χ1n) is 8.52. The van der Waals surface area contributed by atoms with Crippen molar-refractivity contribution in [3.63, 3.8) is 0 Å². The van der Waals surface area contributed by atoms with E-state index in [1.54, 1.807) is 24.7 Å². The summed E-state index contributed by atoms with van der Waals surface area (Å²) in [6, 6.07) is 6.36. The monoisotopic (exact) mass is 337 g/mol. The zero-order chi connectivity index (χ0) is 17.5. The third kappa shape index (κ3) is 4.79. The van der Waals surface area contributed by atoms with Crippen molar-refractivity contribution in [1.29, 1.82) is 0 Å². The van der Waals surface area contributed by atoms with E-state index < -0.39 is 0 Å². The second-order valence-corrected chi connectivity index (χ2v) is 6.06. The Hall–Kier alpha value is -2.89. The number of fused-ring (bicyclic) bond motifs is 1. The Kier molecular flexibility index (Phi) is 5.61. The fourth-order valence-corrected chi connectivity index (χ4v) is 2.91. The maximum atomic E-state index is 11.9. The predicted octanol–water partition coefficient (Wildman–Crippen LogP) is 2.10. The summed E-state index contributed by atoms with van der Waals surface area (Å²) < 4.78 is 0. The smallest absolute Gasteiger partial charge is 0.244 e. The largest absolute Gasteiger partial charge is 0.374 e. The molecule has 0 atom stereocenters. The fourth-order valence-electron chi connectivity index (χ4n) is 2.91. The van der Waals surface area contributed by atoms with Crippen LogP contribution >= 0.6 is 0 Å². The number of aromatic nitrogens is 2. The van der Waals surface area contributed by atoms with Gasteiger partial charge in [-0.05, 0) is 42.2 Å². The number of aryl methyl sites for hydroxylation is 1. The van der Waals surface area contributed by atoms with Crippen molar-refractivity contribution in [2.45, 2.75) is 12.8 Å². The second-order valence-electron chi connectivity index (χ2n) is 6.06. The number of amides is 1. The van der Waals surface area contributed by atoms with Crippen molar-refractivity contribution in [2.75, 3.05) is 36.9 Å². The van der Waals surface area contributed by atoms with Gasteiger partial charge in [0.2, 0.25) is 5.91 Å². The van der Waals surface area contributed by atoms with E-state index in [4.69, 9.17) is 0 Å². The topological polar surface area (TPSA) is 70.2 Å². The van der Waals surface area contributed by atoms with Crippen molar-refractivity contribution < 1.29 is 4.79 Å². The molecule has 0 spiro atoms. The van der Waals surface area contributed by atoms with Crippen molar-refractivity contribution in [2.24, 2.45) is 0 Å². The van der Waals surface area contributed by atoms with Crippen LogP contribution in [-0.2, 0) is 11.2 Å². The molecule has 25 heavy (non-hydrogen) atoms. The summed E-state index contributed by atoms with van der Waals surface area (Å²) >= 11 is 0. The molecule has 0 saturated heterocycles. The maximum absolute atomic E-state index is 11.9. The quantitative estimate of drug-likeness (QED) is 0.624. The number of rotatable bonds is 6. The number of anilines is 2. The molecule has 2 aromatic rings. The zero-order valence-electron chi connectivity index (χ0n) is 14.4. The van der Waals surface area contributed by atoms with Crippen LogP contribution in [0.15, 0.2) is 42.9 Å². The van der Waals surface area contributed by atoms with Gasteiger partial charge in [0.25, 0.3) is 0 Å². The van der Waals surface area contributed by atoms with Gasteiger partial charge in [-0.3, -0.25) is 9.78 Å². The molecule has 2 heterocycles. The molecule has 3 rings (SSSR count). The Labute approximate surface area is 148 Å². The molecule has 2 N–H and O–H groups in total. The summed E-state index contributed by atoms with van der Waals surface area (Å²) in [6.07, 6.45) is 10.6. The van der Waals surface area contributed by atoms with Gasteiger partial charge in [0.05, 0.1) is 6.20 Å². The Bertz CT molecular complexity index is 745. The minimum absolute atomic E-state index is 0.101. The highest BCUT2D eigenvalue weighted by atomic mass is 16.1. The van der Waals surface area contributed by atoms with E-state index in [1.165, 1.54) is 17.7 Å². The molecule has 1 aromatic carbocycles. The molecule has 6 nitrogen and oxygen atoms in total. The number of benzene rings is 1. The standard InChI is InChI=1S/C19H23N5O/c1-24-12-2-3-16-13-15(4-6-17(16)24)5-7-19(25)23-11-10-22-18-14-20-8-9-21-18/h4-9,13-14H,2-3,10-12H2,1H3,(H,21,22)(H,23,25)/b7-5+. The Balaban J connectivity index is 1.46. The van der Waals surface area contributed by atoms with E-state index in [9.17, 15) is 4.79 Å². The lowest BCUT2D eigenvalue weighted by molar-refractivity contribution is -0.116. The van der Waals surface area contributed by atoms with E-state index >= 15 is 0 Å². The molecule has 1 amide bonds. The van der Waals surface area contributed by atoms with Gasteiger partial charge in [-0.2, -0.15) is 0 Å². The minimum atomic E-state index is -0.101. The van der Waals surface area contributed by atoms with E-state index in [-0.39, 0.29) is 5.91 Å². The molecule has 1 aromatic heterocycles. The van der Waals surface area contributed by atoms with E-state index in [0.29, 0.717) is 18.9 Å². The van der Waals surface area contributed by atoms with Crippen LogP contribution in [0.1, 0.15) is 17.5 Å². The van der Waals surface area contributed by atoms with Gasteiger partial charge in [-0.25, -0.2) is 4.98 Å². The SMILES string of the molecule is CN1CCCc2cc(/C=C/C(=O)NCCNc3cnccn3)ccc21. The summed E-state index contributed by atoms with van der Waals surface area (Å²) in [6.45, 7) is 2.23. The average Bonchev–Trinajstić information content (AvgIpc) is 2.64. The summed E-state index contributed by atoms with van der Waals surface area (Å²) in [5.74, 6) is 0.599. The van der Waals surface area contributed by atoms with Crippen molar-refractivity contribution in [3.8, 4) is 0 Å². The lowest BCUT2D eigenvalue weighted by Crippen LogP contribution is -2.27. The number of carbonyl (C=O) groups is 1. The van der Waals surface area contributed by atoms with Crippen molar-refractivity contribution in [1.82, 2.24) is 15.3 Å². The Morgan fingerprint density at radius 3 is 3.08 bits per heavy atom. The molecule has 0 fully saturated rings. The van der Waals surface area contributed by atoms with Crippen LogP contribution in [0.25, 0.3) is 6.08 Å². The minimum Gasteiger partial charge on any atom is -0.374 e. The van der Waals surface area contributed by atoms with Crippen molar-refractivity contribution in [3.05, 3.63) is 54.0 Å². The first-order valence-corrected chi connectivity index (χ1v) is 8.52. The Morgan fingerprint density at radius 1 is 1.32 bits per heavy atom. The first-order chi connectivity index (χ1) is 12.2. The van der Waals surface area contributed by atoms with Gasteiger partial charge >= 0.3 is 0 Å². The highest BCUT2D eigenvalue weighted by Crippen LogP contribution is 2.27. The lowest BCUT2D eigenvalue weighted by atomic mass is 9.99. The van der Waals surface area contributed by atoms with Crippen LogP contribution in [0.2, 0.25) is 0 Å². The van der Waals surface area contributed by atoms with Crippen LogP contribution in [0, 0.1) is 0 Å². The number of nitrogens with zero attached hydrogens (tertiary/aromatic N) is 3. The maximum Gasteiger partial charge on any atom is 0.244 e. The van der Waals surface area contributed by atoms with E-state index in [0.717, 1.165) is 18.5 Å². The molecule has 0 saturated carbocycles. The van der Waals surface area contributed by atoms with Gasteiger partial charge < -0.3 is 15.5 Å². The molecule has 0 unspecified atom stereocenters. The Morgan fingerprint density at radius 2 is 2.24 bits per heavy atom. The number of hydrogen-bond donors (Lipinski definition) is 2. The van der Waals surface area contributed by atoms with Gasteiger partial charge in [0, 0.05) is 50.8 Å². The van der Waals surface area contributed by atoms with Crippen LogP contribution < -0.4 is 15.5 Å².